The second kappa shape index (κ2) is 6.98. The average Bonchev–Trinajstić information content (AvgIpc) is 2.54. The molecule has 0 spiro atoms. The van der Waals surface area contributed by atoms with Gasteiger partial charge in [0.2, 0.25) is 5.17 Å². The first-order valence-electron chi connectivity index (χ1n) is 6.18. The minimum atomic E-state index is -0.468. The Balaban J connectivity index is 2.30. The summed E-state index contributed by atoms with van der Waals surface area (Å²) in [5.41, 5.74) is 5.89. The predicted molar refractivity (Wildman–Crippen MR) is 84.6 cm³/mol. The fourth-order valence-electron chi connectivity index (χ4n) is 1.85. The topological polar surface area (TPSA) is 110 Å². The van der Waals surface area contributed by atoms with E-state index in [1.54, 1.807) is 6.07 Å². The second-order valence-corrected chi connectivity index (χ2v) is 4.97. The highest BCUT2D eigenvalue weighted by molar-refractivity contribution is 8.13. The van der Waals surface area contributed by atoms with Gasteiger partial charge in [-0.2, -0.15) is 5.10 Å². The number of hydrogen-bond acceptors (Lipinski definition) is 9. The number of nitro groups is 1. The van der Waals surface area contributed by atoms with E-state index in [1.165, 1.54) is 32.0 Å². The molecule has 0 aliphatic carbocycles. The molecule has 1 aromatic carbocycles. The molecule has 0 radical (unpaired) electrons. The fourth-order valence-corrected chi connectivity index (χ4v) is 2.13. The molecule has 10 heteroatoms. The zero-order valence-corrected chi connectivity index (χ0v) is 13.1. The summed E-state index contributed by atoms with van der Waals surface area (Å²) in [6.07, 6.45) is 2.06. The van der Waals surface area contributed by atoms with Crippen molar-refractivity contribution in [3.63, 3.8) is 0 Å². The van der Waals surface area contributed by atoms with Crippen LogP contribution in [0.5, 0.6) is 11.5 Å². The number of methoxy groups -OCH3 is 2. The van der Waals surface area contributed by atoms with Crippen LogP contribution in [0.1, 0.15) is 5.56 Å². The molecule has 1 aliphatic rings. The molecule has 1 aromatic rings. The van der Waals surface area contributed by atoms with Crippen molar-refractivity contribution < 1.29 is 14.4 Å². The first kappa shape index (κ1) is 15.9. The summed E-state index contributed by atoms with van der Waals surface area (Å²) in [4.78, 5) is 10.8. The van der Waals surface area contributed by atoms with Crippen molar-refractivity contribution in [3.05, 3.63) is 27.8 Å². The van der Waals surface area contributed by atoms with E-state index < -0.39 is 4.92 Å². The maximum absolute atomic E-state index is 11.2. The fraction of sp³-hybridized carbons (Fsp3) is 0.333. The van der Waals surface area contributed by atoms with E-state index in [-0.39, 0.29) is 12.1 Å². The van der Waals surface area contributed by atoms with Crippen LogP contribution in [-0.4, -0.2) is 36.4 Å². The molecule has 0 amide bonds. The Bertz CT molecular complexity index is 647. The summed E-state index contributed by atoms with van der Waals surface area (Å²) in [5, 5.41) is 20.0. The quantitative estimate of drug-likeness (QED) is 0.620. The average molecular weight is 325 g/mol. The summed E-state index contributed by atoms with van der Waals surface area (Å²) in [7, 11) is 2.90. The lowest BCUT2D eigenvalue weighted by molar-refractivity contribution is -0.385. The summed E-state index contributed by atoms with van der Waals surface area (Å²) < 4.78 is 10.3. The van der Waals surface area contributed by atoms with Gasteiger partial charge in [0.1, 0.15) is 5.84 Å². The van der Waals surface area contributed by atoms with Crippen molar-refractivity contribution in [1.82, 2.24) is 10.9 Å². The molecule has 2 N–H and O–H groups in total. The van der Waals surface area contributed by atoms with Crippen LogP contribution in [0.15, 0.2) is 22.3 Å². The largest absolute Gasteiger partial charge is 0.493 e. The molecule has 0 fully saturated rings. The van der Waals surface area contributed by atoms with E-state index in [2.05, 4.69) is 21.1 Å². The van der Waals surface area contributed by atoms with Gasteiger partial charge >= 0.3 is 0 Å². The van der Waals surface area contributed by atoms with Gasteiger partial charge in [-0.1, -0.05) is 11.8 Å². The van der Waals surface area contributed by atoms with Gasteiger partial charge < -0.3 is 9.47 Å². The lowest BCUT2D eigenvalue weighted by Gasteiger charge is -2.14. The number of benzene rings is 1. The van der Waals surface area contributed by atoms with E-state index in [9.17, 15) is 10.1 Å². The number of amidine groups is 2. The summed E-state index contributed by atoms with van der Waals surface area (Å²) in [6, 6.07) is 2.90. The van der Waals surface area contributed by atoms with Crippen LogP contribution >= 0.6 is 11.8 Å². The minimum absolute atomic E-state index is 0.0678. The van der Waals surface area contributed by atoms with E-state index >= 15 is 0 Å². The first-order chi connectivity index (χ1) is 10.6. The smallest absolute Gasteiger partial charge is 0.277 e. The molecular formula is C12H15N5O4S. The molecule has 118 valence electrons. The number of hydrazone groups is 2. The van der Waals surface area contributed by atoms with Gasteiger partial charge in [-0.05, 0) is 12.3 Å². The van der Waals surface area contributed by atoms with Crippen molar-refractivity contribution in [2.75, 3.05) is 20.5 Å². The van der Waals surface area contributed by atoms with E-state index in [4.69, 9.17) is 9.47 Å². The highest BCUT2D eigenvalue weighted by Gasteiger charge is 2.21. The lowest BCUT2D eigenvalue weighted by atomic mass is 10.1. The number of nitrogens with zero attached hydrogens (tertiary/aromatic N) is 3. The van der Waals surface area contributed by atoms with Gasteiger partial charge in [-0.15, -0.1) is 5.10 Å². The van der Waals surface area contributed by atoms with Gasteiger partial charge in [0, 0.05) is 12.0 Å². The van der Waals surface area contributed by atoms with Crippen LogP contribution in [0.2, 0.25) is 0 Å². The number of nitrogens with one attached hydrogen (secondary N) is 2. The van der Waals surface area contributed by atoms with Gasteiger partial charge in [-0.3, -0.25) is 21.0 Å². The molecule has 1 heterocycles. The standard InChI is InChI=1S/C12H15N5O4S/c1-20-9-4-7(8(17(18)19)6-10(9)21-2)5-11-13-15-12(22-3)16-14-11/h4,6H,5H2,1-3H3,(H,13,14)(H,15,16). The minimum Gasteiger partial charge on any atom is -0.493 e. The molecule has 0 bridgehead atoms. The van der Waals surface area contributed by atoms with Crippen molar-refractivity contribution >= 4 is 28.5 Å². The Morgan fingerprint density at radius 3 is 2.41 bits per heavy atom. The molecule has 0 aromatic heterocycles. The molecule has 2 rings (SSSR count). The molecule has 0 atom stereocenters. The number of rotatable bonds is 5. The third kappa shape index (κ3) is 3.39. The lowest BCUT2D eigenvalue weighted by Crippen LogP contribution is -2.33. The van der Waals surface area contributed by atoms with Crippen molar-refractivity contribution in [2.45, 2.75) is 6.42 Å². The Morgan fingerprint density at radius 2 is 1.91 bits per heavy atom. The number of hydrogen-bond donors (Lipinski definition) is 2. The Hall–Kier alpha value is -2.49. The highest BCUT2D eigenvalue weighted by Crippen LogP contribution is 2.34. The van der Waals surface area contributed by atoms with Gasteiger partial charge in [0.15, 0.2) is 11.5 Å². The maximum atomic E-state index is 11.2. The zero-order chi connectivity index (χ0) is 16.1. The molecule has 0 unspecified atom stereocenters. The van der Waals surface area contributed by atoms with Crippen molar-refractivity contribution in [1.29, 1.82) is 0 Å². The van der Waals surface area contributed by atoms with Gasteiger partial charge in [-0.25, -0.2) is 0 Å². The number of nitro benzene ring substituents is 1. The van der Waals surface area contributed by atoms with Crippen LogP contribution in [0.25, 0.3) is 0 Å². The zero-order valence-electron chi connectivity index (χ0n) is 12.2. The summed E-state index contributed by atoms with van der Waals surface area (Å²) >= 11 is 1.40. The second-order valence-electron chi connectivity index (χ2n) is 4.17. The Kier molecular flexibility index (Phi) is 5.04. The van der Waals surface area contributed by atoms with E-state index in [0.29, 0.717) is 28.1 Å². The van der Waals surface area contributed by atoms with Crippen LogP contribution in [0.3, 0.4) is 0 Å². The van der Waals surface area contributed by atoms with E-state index in [1.807, 2.05) is 6.26 Å². The third-order valence-electron chi connectivity index (χ3n) is 2.91. The predicted octanol–water partition coefficient (Wildman–Crippen LogP) is 1.29. The van der Waals surface area contributed by atoms with Crippen molar-refractivity contribution in [2.24, 2.45) is 10.2 Å². The molecule has 0 saturated heterocycles. The molecular weight excluding hydrogens is 310 g/mol. The summed E-state index contributed by atoms with van der Waals surface area (Å²) in [5.74, 6) is 1.19. The SMILES string of the molecule is COc1cc(CC2=NNC(SC)=NN2)c([N+](=O)[O-])cc1OC. The Morgan fingerprint density at radius 1 is 1.23 bits per heavy atom. The van der Waals surface area contributed by atoms with Crippen molar-refractivity contribution in [3.8, 4) is 11.5 Å². The van der Waals surface area contributed by atoms with Crippen LogP contribution in [0.4, 0.5) is 5.69 Å². The monoisotopic (exact) mass is 325 g/mol. The molecule has 1 aliphatic heterocycles. The number of thioether (sulfide) groups is 1. The van der Waals surface area contributed by atoms with Crippen LogP contribution < -0.4 is 20.3 Å². The van der Waals surface area contributed by atoms with Gasteiger partial charge in [0.25, 0.3) is 5.69 Å². The summed E-state index contributed by atoms with van der Waals surface area (Å²) in [6.45, 7) is 0. The maximum Gasteiger partial charge on any atom is 0.277 e. The molecule has 0 saturated carbocycles. The van der Waals surface area contributed by atoms with Gasteiger partial charge in [0.05, 0.1) is 25.2 Å². The third-order valence-corrected chi connectivity index (χ3v) is 3.48. The normalized spacial score (nSPS) is 13.4. The molecule has 9 nitrogen and oxygen atoms in total. The van der Waals surface area contributed by atoms with E-state index in [0.717, 1.165) is 0 Å². The molecule has 22 heavy (non-hydrogen) atoms. The first-order valence-corrected chi connectivity index (χ1v) is 7.41. The Labute approximate surface area is 130 Å². The van der Waals surface area contributed by atoms with Crippen LogP contribution in [-0.2, 0) is 6.42 Å². The highest BCUT2D eigenvalue weighted by atomic mass is 32.2. The van der Waals surface area contributed by atoms with Crippen LogP contribution in [0, 0.1) is 10.1 Å². The number of ether oxygens (including phenoxy) is 2.